The molecule has 1 heterocycles. The van der Waals surface area contributed by atoms with Crippen molar-refractivity contribution in [2.24, 2.45) is 0 Å². The molecule has 0 aliphatic heterocycles. The summed E-state index contributed by atoms with van der Waals surface area (Å²) in [5, 5.41) is 3.30. The lowest BCUT2D eigenvalue weighted by Gasteiger charge is -2.15. The van der Waals surface area contributed by atoms with Gasteiger partial charge in [0.15, 0.2) is 0 Å². The van der Waals surface area contributed by atoms with E-state index in [0.717, 1.165) is 16.7 Å². The average Bonchev–Trinajstić information content (AvgIpc) is 2.77. The van der Waals surface area contributed by atoms with Crippen LogP contribution in [0.3, 0.4) is 0 Å². The summed E-state index contributed by atoms with van der Waals surface area (Å²) in [6.45, 7) is 4.29. The van der Waals surface area contributed by atoms with Crippen molar-refractivity contribution in [1.29, 1.82) is 0 Å². The molecule has 1 unspecified atom stereocenters. The highest BCUT2D eigenvalue weighted by molar-refractivity contribution is 9.10. The summed E-state index contributed by atoms with van der Waals surface area (Å²) >= 11 is 3.51. The third kappa shape index (κ3) is 2.85. The number of hydrogen-bond donors (Lipinski definition) is 1. The predicted molar refractivity (Wildman–Crippen MR) is 77.8 cm³/mol. The van der Waals surface area contributed by atoms with E-state index < -0.39 is 0 Å². The number of furan rings is 1. The summed E-state index contributed by atoms with van der Waals surface area (Å²) in [5.41, 5.74) is 3.99. The van der Waals surface area contributed by atoms with Crippen LogP contribution in [0.25, 0.3) is 0 Å². The first-order chi connectivity index (χ1) is 8.61. The topological polar surface area (TPSA) is 25.2 Å². The van der Waals surface area contributed by atoms with Crippen molar-refractivity contribution in [3.63, 3.8) is 0 Å². The molecule has 2 nitrogen and oxygen atoms in total. The molecule has 0 aliphatic rings. The molecular formula is C15H18BrNO. The molecule has 1 N–H and O–H groups in total. The number of likely N-dealkylation sites (N-methyl/N-ethyl adjacent to an activating group) is 1. The van der Waals surface area contributed by atoms with Gasteiger partial charge in [0.25, 0.3) is 0 Å². The first-order valence-corrected chi connectivity index (χ1v) is 6.87. The highest BCUT2D eigenvalue weighted by Gasteiger charge is 2.16. The van der Waals surface area contributed by atoms with Crippen LogP contribution in [0.2, 0.25) is 0 Å². The normalized spacial score (nSPS) is 12.7. The van der Waals surface area contributed by atoms with E-state index in [-0.39, 0.29) is 6.04 Å². The van der Waals surface area contributed by atoms with Crippen molar-refractivity contribution in [2.45, 2.75) is 26.3 Å². The Morgan fingerprint density at radius 1 is 1.22 bits per heavy atom. The minimum atomic E-state index is 0.191. The summed E-state index contributed by atoms with van der Waals surface area (Å²) in [6, 6.07) is 8.73. The van der Waals surface area contributed by atoms with Crippen LogP contribution in [0.5, 0.6) is 0 Å². The number of hydrogen-bond acceptors (Lipinski definition) is 2. The summed E-state index contributed by atoms with van der Waals surface area (Å²) in [4.78, 5) is 0. The van der Waals surface area contributed by atoms with Gasteiger partial charge in [0.05, 0.1) is 16.8 Å². The number of rotatable bonds is 4. The van der Waals surface area contributed by atoms with E-state index in [1.807, 2.05) is 13.1 Å². The Balaban J connectivity index is 2.20. The summed E-state index contributed by atoms with van der Waals surface area (Å²) in [6.07, 6.45) is 2.63. The Hall–Kier alpha value is -1.06. The standard InChI is InChI=1S/C15H18BrNO/c1-10-4-5-12(8-11(10)2)9-14(17-3)15-13(16)6-7-18-15/h4-8,14,17H,9H2,1-3H3. The van der Waals surface area contributed by atoms with Crippen LogP contribution < -0.4 is 5.32 Å². The quantitative estimate of drug-likeness (QED) is 0.917. The highest BCUT2D eigenvalue weighted by atomic mass is 79.9. The molecule has 18 heavy (non-hydrogen) atoms. The summed E-state index contributed by atoms with van der Waals surface area (Å²) < 4.78 is 6.55. The van der Waals surface area contributed by atoms with Crippen molar-refractivity contribution in [1.82, 2.24) is 5.32 Å². The minimum absolute atomic E-state index is 0.191. The number of nitrogens with one attached hydrogen (secondary N) is 1. The third-order valence-corrected chi connectivity index (χ3v) is 3.98. The van der Waals surface area contributed by atoms with Crippen molar-refractivity contribution in [3.05, 3.63) is 57.5 Å². The second-order valence-corrected chi connectivity index (χ2v) is 5.45. The molecule has 0 amide bonds. The summed E-state index contributed by atoms with van der Waals surface area (Å²) in [5.74, 6) is 0.954. The molecule has 0 spiro atoms. The van der Waals surface area contributed by atoms with Crippen LogP contribution >= 0.6 is 15.9 Å². The predicted octanol–water partition coefficient (Wildman–Crippen LogP) is 4.16. The van der Waals surface area contributed by atoms with E-state index >= 15 is 0 Å². The maximum atomic E-state index is 5.53. The highest BCUT2D eigenvalue weighted by Crippen LogP contribution is 2.27. The van der Waals surface area contributed by atoms with Crippen molar-refractivity contribution in [3.8, 4) is 0 Å². The van der Waals surface area contributed by atoms with Crippen LogP contribution in [0.4, 0.5) is 0 Å². The SMILES string of the molecule is CNC(Cc1ccc(C)c(C)c1)c1occc1Br. The van der Waals surface area contributed by atoms with Crippen LogP contribution in [-0.2, 0) is 6.42 Å². The monoisotopic (exact) mass is 307 g/mol. The lowest BCUT2D eigenvalue weighted by atomic mass is 10.00. The largest absolute Gasteiger partial charge is 0.466 e. The molecule has 1 atom stereocenters. The zero-order chi connectivity index (χ0) is 13.1. The lowest BCUT2D eigenvalue weighted by Crippen LogP contribution is -2.18. The number of halogens is 1. The first-order valence-electron chi connectivity index (χ1n) is 6.08. The number of benzene rings is 1. The molecule has 1 aromatic carbocycles. The van der Waals surface area contributed by atoms with E-state index in [1.54, 1.807) is 6.26 Å². The van der Waals surface area contributed by atoms with E-state index in [1.165, 1.54) is 16.7 Å². The van der Waals surface area contributed by atoms with Gasteiger partial charge in [-0.2, -0.15) is 0 Å². The van der Waals surface area contributed by atoms with Gasteiger partial charge in [-0.15, -0.1) is 0 Å². The Labute approximate surface area is 117 Å². The second kappa shape index (κ2) is 5.72. The molecule has 0 fully saturated rings. The van der Waals surface area contributed by atoms with Crippen molar-refractivity contribution in [2.75, 3.05) is 7.05 Å². The zero-order valence-corrected chi connectivity index (χ0v) is 12.5. The molecule has 0 radical (unpaired) electrons. The Morgan fingerprint density at radius 2 is 2.00 bits per heavy atom. The van der Waals surface area contributed by atoms with Gasteiger partial charge < -0.3 is 9.73 Å². The van der Waals surface area contributed by atoms with Crippen LogP contribution in [0, 0.1) is 13.8 Å². The van der Waals surface area contributed by atoms with E-state index in [0.29, 0.717) is 0 Å². The van der Waals surface area contributed by atoms with Crippen LogP contribution in [0.1, 0.15) is 28.5 Å². The third-order valence-electron chi connectivity index (χ3n) is 3.32. The van der Waals surface area contributed by atoms with E-state index in [4.69, 9.17) is 4.42 Å². The van der Waals surface area contributed by atoms with Gasteiger partial charge in [0.2, 0.25) is 0 Å². The molecule has 3 heteroatoms. The van der Waals surface area contributed by atoms with Gasteiger partial charge in [0.1, 0.15) is 5.76 Å². The molecule has 1 aromatic heterocycles. The van der Waals surface area contributed by atoms with Gasteiger partial charge in [-0.3, -0.25) is 0 Å². The van der Waals surface area contributed by atoms with Gasteiger partial charge in [-0.05, 0) is 66.0 Å². The van der Waals surface area contributed by atoms with Gasteiger partial charge >= 0.3 is 0 Å². The Morgan fingerprint density at radius 3 is 2.56 bits per heavy atom. The first kappa shape index (κ1) is 13.4. The van der Waals surface area contributed by atoms with Gasteiger partial charge in [-0.1, -0.05) is 18.2 Å². The lowest BCUT2D eigenvalue weighted by molar-refractivity contribution is 0.427. The van der Waals surface area contributed by atoms with Crippen molar-refractivity contribution >= 4 is 15.9 Å². The van der Waals surface area contributed by atoms with Crippen LogP contribution in [-0.4, -0.2) is 7.05 Å². The molecular weight excluding hydrogens is 290 g/mol. The fourth-order valence-corrected chi connectivity index (χ4v) is 2.52. The van der Waals surface area contributed by atoms with Crippen LogP contribution in [0.15, 0.2) is 39.4 Å². The fourth-order valence-electron chi connectivity index (χ4n) is 2.05. The van der Waals surface area contributed by atoms with E-state index in [2.05, 4.69) is 53.3 Å². The zero-order valence-electron chi connectivity index (χ0n) is 11.0. The molecule has 0 aliphatic carbocycles. The fraction of sp³-hybridized carbons (Fsp3) is 0.333. The Bertz CT molecular complexity index is 533. The number of aryl methyl sites for hydroxylation is 2. The smallest absolute Gasteiger partial charge is 0.135 e. The second-order valence-electron chi connectivity index (χ2n) is 4.60. The summed E-state index contributed by atoms with van der Waals surface area (Å²) in [7, 11) is 1.96. The molecule has 96 valence electrons. The molecule has 0 saturated heterocycles. The molecule has 2 rings (SSSR count). The molecule has 0 bridgehead atoms. The minimum Gasteiger partial charge on any atom is -0.466 e. The van der Waals surface area contributed by atoms with Gasteiger partial charge in [0, 0.05) is 0 Å². The average molecular weight is 308 g/mol. The molecule has 2 aromatic rings. The van der Waals surface area contributed by atoms with E-state index in [9.17, 15) is 0 Å². The van der Waals surface area contributed by atoms with Crippen molar-refractivity contribution < 1.29 is 4.42 Å². The molecule has 0 saturated carbocycles. The maximum absolute atomic E-state index is 5.53. The van der Waals surface area contributed by atoms with Gasteiger partial charge in [-0.25, -0.2) is 0 Å². The Kier molecular flexibility index (Phi) is 4.25. The maximum Gasteiger partial charge on any atom is 0.135 e.